The fourth-order valence-corrected chi connectivity index (χ4v) is 2.42. The first kappa shape index (κ1) is 14.3. The molecule has 1 heterocycles. The molecule has 7 heteroatoms. The number of aromatic nitrogens is 1. The van der Waals surface area contributed by atoms with Crippen LogP contribution < -0.4 is 10.5 Å². The molecule has 0 radical (unpaired) electrons. The minimum absolute atomic E-state index is 0.102. The zero-order valence-electron chi connectivity index (χ0n) is 11.1. The first-order chi connectivity index (χ1) is 9.51. The van der Waals surface area contributed by atoms with E-state index in [-0.39, 0.29) is 18.2 Å². The van der Waals surface area contributed by atoms with Gasteiger partial charge in [0.15, 0.2) is 17.4 Å². The van der Waals surface area contributed by atoms with Gasteiger partial charge in [-0.1, -0.05) is 5.16 Å². The molecule has 0 saturated carbocycles. The highest BCUT2D eigenvalue weighted by Crippen LogP contribution is 2.22. The molecule has 2 aromatic rings. The van der Waals surface area contributed by atoms with E-state index < -0.39 is 5.82 Å². The van der Waals surface area contributed by atoms with Crippen LogP contribution in [0.4, 0.5) is 4.39 Å². The summed E-state index contributed by atoms with van der Waals surface area (Å²) in [7, 11) is 0. The molecule has 106 valence electrons. The zero-order valence-corrected chi connectivity index (χ0v) is 11.9. The van der Waals surface area contributed by atoms with Crippen LogP contribution in [0.15, 0.2) is 23.4 Å². The average molecular weight is 295 g/mol. The van der Waals surface area contributed by atoms with E-state index in [1.54, 1.807) is 0 Å². The van der Waals surface area contributed by atoms with Crippen LogP contribution >= 0.6 is 11.3 Å². The highest BCUT2D eigenvalue weighted by Gasteiger charge is 2.09. The fourth-order valence-electron chi connectivity index (χ4n) is 1.58. The van der Waals surface area contributed by atoms with Crippen LogP contribution in [-0.2, 0) is 6.61 Å². The smallest absolute Gasteiger partial charge is 0.170 e. The van der Waals surface area contributed by atoms with Crippen molar-refractivity contribution in [1.29, 1.82) is 0 Å². The van der Waals surface area contributed by atoms with E-state index >= 15 is 0 Å². The Morgan fingerprint density at radius 3 is 2.80 bits per heavy atom. The van der Waals surface area contributed by atoms with Gasteiger partial charge in [-0.2, -0.15) is 0 Å². The molecule has 2 rings (SSSR count). The van der Waals surface area contributed by atoms with Gasteiger partial charge in [-0.3, -0.25) is 0 Å². The SMILES string of the molecule is Cc1nc(COc2ccc(/C(N)=N/O)cc2F)sc1C. The van der Waals surface area contributed by atoms with Crippen LogP contribution in [0.3, 0.4) is 0 Å². The van der Waals surface area contributed by atoms with Crippen LogP contribution in [-0.4, -0.2) is 16.0 Å². The molecule has 0 fully saturated rings. The lowest BCUT2D eigenvalue weighted by atomic mass is 10.2. The maximum Gasteiger partial charge on any atom is 0.170 e. The lowest BCUT2D eigenvalue weighted by molar-refractivity contribution is 0.289. The molecule has 1 aromatic heterocycles. The Kier molecular flexibility index (Phi) is 4.19. The molecular weight excluding hydrogens is 281 g/mol. The van der Waals surface area contributed by atoms with Crippen molar-refractivity contribution < 1.29 is 14.3 Å². The minimum atomic E-state index is -0.570. The molecule has 0 atom stereocenters. The van der Waals surface area contributed by atoms with E-state index in [1.165, 1.54) is 23.5 Å². The summed E-state index contributed by atoms with van der Waals surface area (Å²) in [6.07, 6.45) is 0. The lowest BCUT2D eigenvalue weighted by Gasteiger charge is -2.06. The van der Waals surface area contributed by atoms with Crippen molar-refractivity contribution in [1.82, 2.24) is 4.98 Å². The number of halogens is 1. The number of hydrogen-bond donors (Lipinski definition) is 2. The third-order valence-electron chi connectivity index (χ3n) is 2.76. The van der Waals surface area contributed by atoms with Gasteiger partial charge in [-0.25, -0.2) is 9.37 Å². The van der Waals surface area contributed by atoms with Crippen molar-refractivity contribution in [3.63, 3.8) is 0 Å². The molecule has 0 unspecified atom stereocenters. The number of rotatable bonds is 4. The standard InChI is InChI=1S/C13H14FN3O2S/c1-7-8(2)20-12(16-7)6-19-11-4-3-9(5-10(11)14)13(15)17-18/h3-5,18H,6H2,1-2H3,(H2,15,17). The molecule has 0 bridgehead atoms. The summed E-state index contributed by atoms with van der Waals surface area (Å²) in [6, 6.07) is 4.12. The summed E-state index contributed by atoms with van der Waals surface area (Å²) in [5, 5.41) is 12.1. The van der Waals surface area contributed by atoms with Gasteiger partial charge in [0.1, 0.15) is 11.6 Å². The van der Waals surface area contributed by atoms with Crippen molar-refractivity contribution >= 4 is 17.2 Å². The van der Waals surface area contributed by atoms with Gasteiger partial charge in [0.2, 0.25) is 0 Å². The van der Waals surface area contributed by atoms with Gasteiger partial charge in [0, 0.05) is 10.4 Å². The minimum Gasteiger partial charge on any atom is -0.483 e. The summed E-state index contributed by atoms with van der Waals surface area (Å²) in [4.78, 5) is 5.43. The summed E-state index contributed by atoms with van der Waals surface area (Å²) >= 11 is 1.52. The van der Waals surface area contributed by atoms with Gasteiger partial charge in [-0.15, -0.1) is 11.3 Å². The predicted octanol–water partition coefficient (Wildman–Crippen LogP) is 2.57. The Morgan fingerprint density at radius 2 is 2.25 bits per heavy atom. The number of thiazole rings is 1. The van der Waals surface area contributed by atoms with Crippen LogP contribution in [0, 0.1) is 19.7 Å². The van der Waals surface area contributed by atoms with Gasteiger partial charge < -0.3 is 15.7 Å². The average Bonchev–Trinajstić information content (AvgIpc) is 2.75. The number of amidine groups is 1. The van der Waals surface area contributed by atoms with Crippen molar-refractivity contribution in [3.8, 4) is 5.75 Å². The second-order valence-electron chi connectivity index (χ2n) is 4.17. The first-order valence-corrected chi connectivity index (χ1v) is 6.66. The number of benzene rings is 1. The van der Waals surface area contributed by atoms with Crippen molar-refractivity contribution in [3.05, 3.63) is 45.2 Å². The Balaban J connectivity index is 2.10. The Hall–Kier alpha value is -2.15. The summed E-state index contributed by atoms with van der Waals surface area (Å²) in [6.45, 7) is 4.10. The Labute approximate surface area is 119 Å². The molecule has 0 spiro atoms. The van der Waals surface area contributed by atoms with E-state index in [1.807, 2.05) is 13.8 Å². The summed E-state index contributed by atoms with van der Waals surface area (Å²) in [5.41, 5.74) is 6.63. The number of ether oxygens (including phenoxy) is 1. The molecule has 0 aliphatic carbocycles. The lowest BCUT2D eigenvalue weighted by Crippen LogP contribution is -2.13. The Bertz CT molecular complexity index is 636. The van der Waals surface area contributed by atoms with Gasteiger partial charge in [0.05, 0.1) is 5.69 Å². The molecule has 0 aliphatic rings. The van der Waals surface area contributed by atoms with E-state index in [2.05, 4.69) is 10.1 Å². The van der Waals surface area contributed by atoms with Crippen molar-refractivity contribution in [2.75, 3.05) is 0 Å². The van der Waals surface area contributed by atoms with Crippen LogP contribution in [0.25, 0.3) is 0 Å². The monoisotopic (exact) mass is 295 g/mol. The number of aryl methyl sites for hydroxylation is 2. The van der Waals surface area contributed by atoms with Crippen molar-refractivity contribution in [2.45, 2.75) is 20.5 Å². The maximum atomic E-state index is 13.8. The topological polar surface area (TPSA) is 80.7 Å². The molecule has 0 saturated heterocycles. The summed E-state index contributed by atoms with van der Waals surface area (Å²) < 4.78 is 19.2. The quantitative estimate of drug-likeness (QED) is 0.393. The first-order valence-electron chi connectivity index (χ1n) is 5.84. The van der Waals surface area contributed by atoms with Crippen LogP contribution in [0.2, 0.25) is 0 Å². The largest absolute Gasteiger partial charge is 0.483 e. The van der Waals surface area contributed by atoms with Gasteiger partial charge in [0.25, 0.3) is 0 Å². The number of nitrogens with zero attached hydrogens (tertiary/aromatic N) is 2. The predicted molar refractivity (Wildman–Crippen MR) is 74.8 cm³/mol. The molecule has 1 aromatic carbocycles. The van der Waals surface area contributed by atoms with Crippen LogP contribution in [0.1, 0.15) is 21.1 Å². The second-order valence-corrected chi connectivity index (χ2v) is 5.46. The zero-order chi connectivity index (χ0) is 14.7. The molecule has 20 heavy (non-hydrogen) atoms. The highest BCUT2D eigenvalue weighted by atomic mass is 32.1. The van der Waals surface area contributed by atoms with Gasteiger partial charge in [-0.05, 0) is 32.0 Å². The van der Waals surface area contributed by atoms with E-state index in [0.29, 0.717) is 5.56 Å². The third kappa shape index (κ3) is 3.05. The van der Waals surface area contributed by atoms with E-state index in [9.17, 15) is 4.39 Å². The Morgan fingerprint density at radius 1 is 1.50 bits per heavy atom. The van der Waals surface area contributed by atoms with Gasteiger partial charge >= 0.3 is 0 Å². The van der Waals surface area contributed by atoms with E-state index in [4.69, 9.17) is 15.7 Å². The van der Waals surface area contributed by atoms with Crippen molar-refractivity contribution in [2.24, 2.45) is 10.9 Å². The molecular formula is C13H14FN3O2S. The molecule has 3 N–H and O–H groups in total. The van der Waals surface area contributed by atoms with Crippen LogP contribution in [0.5, 0.6) is 5.75 Å². The molecule has 0 amide bonds. The second kappa shape index (κ2) is 5.87. The molecule has 5 nitrogen and oxygen atoms in total. The number of hydrogen-bond acceptors (Lipinski definition) is 5. The maximum absolute atomic E-state index is 13.8. The fraction of sp³-hybridized carbons (Fsp3) is 0.231. The summed E-state index contributed by atoms with van der Waals surface area (Å²) in [5.74, 6) is -0.620. The highest BCUT2D eigenvalue weighted by molar-refractivity contribution is 7.11. The van der Waals surface area contributed by atoms with E-state index in [0.717, 1.165) is 21.6 Å². The number of oxime groups is 1. The third-order valence-corrected chi connectivity index (χ3v) is 3.81. The molecule has 0 aliphatic heterocycles. The number of nitrogens with two attached hydrogens (primary N) is 1. The normalized spacial score (nSPS) is 11.7.